The number of sulfonamides is 1. The smallest absolute Gasteiger partial charge is 0.243 e. The molecule has 92 valence electrons. The molecule has 0 unspecified atom stereocenters. The minimum atomic E-state index is -3.60. The van der Waals surface area contributed by atoms with Gasteiger partial charge in [0.15, 0.2) is 0 Å². The lowest BCUT2D eigenvalue weighted by atomic mass is 10.3. The molecule has 2 N–H and O–H groups in total. The molecule has 0 saturated heterocycles. The van der Waals surface area contributed by atoms with Crippen molar-refractivity contribution in [3.8, 4) is 12.3 Å². The van der Waals surface area contributed by atoms with Crippen LogP contribution in [-0.2, 0) is 10.0 Å². The summed E-state index contributed by atoms with van der Waals surface area (Å²) in [4.78, 5) is 0.0915. The van der Waals surface area contributed by atoms with Crippen LogP contribution in [-0.4, -0.2) is 25.8 Å². The maximum Gasteiger partial charge on any atom is 0.243 e. The number of benzene rings is 1. The first-order valence-corrected chi connectivity index (χ1v) is 6.74. The molecule has 0 spiro atoms. The van der Waals surface area contributed by atoms with Crippen molar-refractivity contribution >= 4 is 27.3 Å². The van der Waals surface area contributed by atoms with Crippen LogP contribution in [0.25, 0.3) is 0 Å². The van der Waals surface area contributed by atoms with Crippen molar-refractivity contribution in [1.82, 2.24) is 4.31 Å². The Balaban J connectivity index is 3.21. The minimum Gasteiger partial charge on any atom is -0.398 e. The third-order valence-corrected chi connectivity index (χ3v) is 4.47. The van der Waals surface area contributed by atoms with Gasteiger partial charge in [-0.3, -0.25) is 0 Å². The standard InChI is InChI=1S/C11H13ClN2O2S/c1-3-7-14(4-2)17(15,16)9-5-6-11(13)10(12)8-9/h1,5-6,8H,4,7,13H2,2H3. The quantitative estimate of drug-likeness (QED) is 0.668. The van der Waals surface area contributed by atoms with Gasteiger partial charge in [-0.05, 0) is 18.2 Å². The van der Waals surface area contributed by atoms with Gasteiger partial charge in [-0.25, -0.2) is 8.42 Å². The number of rotatable bonds is 4. The average molecular weight is 273 g/mol. The maximum absolute atomic E-state index is 12.1. The first-order chi connectivity index (χ1) is 7.93. The molecule has 0 aliphatic rings. The Morgan fingerprint density at radius 1 is 1.53 bits per heavy atom. The Hall–Kier alpha value is -1.22. The molecular weight excluding hydrogens is 260 g/mol. The largest absolute Gasteiger partial charge is 0.398 e. The molecule has 0 aliphatic heterocycles. The molecule has 6 heteroatoms. The highest BCUT2D eigenvalue weighted by Gasteiger charge is 2.22. The van der Waals surface area contributed by atoms with E-state index < -0.39 is 10.0 Å². The summed E-state index contributed by atoms with van der Waals surface area (Å²) in [5.41, 5.74) is 5.87. The van der Waals surface area contributed by atoms with Crippen LogP contribution in [0.5, 0.6) is 0 Å². The lowest BCUT2D eigenvalue weighted by Crippen LogP contribution is -2.31. The van der Waals surface area contributed by atoms with E-state index in [1.54, 1.807) is 6.92 Å². The summed E-state index contributed by atoms with van der Waals surface area (Å²) in [6, 6.07) is 4.19. The van der Waals surface area contributed by atoms with Gasteiger partial charge in [-0.15, -0.1) is 6.42 Å². The van der Waals surface area contributed by atoms with Crippen LogP contribution in [0.1, 0.15) is 6.92 Å². The van der Waals surface area contributed by atoms with E-state index in [4.69, 9.17) is 23.8 Å². The zero-order valence-corrected chi connectivity index (χ0v) is 10.9. The van der Waals surface area contributed by atoms with Gasteiger partial charge < -0.3 is 5.73 Å². The first kappa shape index (κ1) is 13.8. The molecule has 0 saturated carbocycles. The molecule has 0 amide bonds. The van der Waals surface area contributed by atoms with Crippen LogP contribution in [0.4, 0.5) is 5.69 Å². The van der Waals surface area contributed by atoms with E-state index >= 15 is 0 Å². The number of nitrogens with zero attached hydrogens (tertiary/aromatic N) is 1. The second kappa shape index (κ2) is 5.41. The summed E-state index contributed by atoms with van der Waals surface area (Å²) >= 11 is 5.80. The Labute approximate surface area is 106 Å². The van der Waals surface area contributed by atoms with E-state index in [9.17, 15) is 8.42 Å². The van der Waals surface area contributed by atoms with E-state index in [1.807, 2.05) is 0 Å². The van der Waals surface area contributed by atoms with Crippen LogP contribution in [0.15, 0.2) is 23.1 Å². The van der Waals surface area contributed by atoms with Gasteiger partial charge in [0, 0.05) is 6.54 Å². The number of anilines is 1. The predicted octanol–water partition coefficient (Wildman–Crippen LogP) is 1.57. The number of halogens is 1. The fourth-order valence-electron chi connectivity index (χ4n) is 1.29. The third-order valence-electron chi connectivity index (χ3n) is 2.23. The number of nitrogen functional groups attached to an aromatic ring is 1. The Morgan fingerprint density at radius 3 is 2.65 bits per heavy atom. The Bertz CT molecular complexity index is 549. The highest BCUT2D eigenvalue weighted by atomic mass is 35.5. The summed E-state index contributed by atoms with van der Waals surface area (Å²) in [5, 5.41) is 0.211. The fraction of sp³-hybridized carbons (Fsp3) is 0.273. The predicted molar refractivity (Wildman–Crippen MR) is 69.1 cm³/mol. The van der Waals surface area contributed by atoms with Gasteiger partial charge in [-0.2, -0.15) is 4.31 Å². The number of terminal acetylenes is 1. The molecule has 0 atom stereocenters. The second-order valence-electron chi connectivity index (χ2n) is 3.32. The van der Waals surface area contributed by atoms with E-state index in [2.05, 4.69) is 5.92 Å². The molecule has 1 rings (SSSR count). The molecule has 0 heterocycles. The van der Waals surface area contributed by atoms with Crippen molar-refractivity contribution in [2.45, 2.75) is 11.8 Å². The van der Waals surface area contributed by atoms with Gasteiger partial charge in [0.25, 0.3) is 0 Å². The Morgan fingerprint density at radius 2 is 2.18 bits per heavy atom. The lowest BCUT2D eigenvalue weighted by molar-refractivity contribution is 0.464. The molecule has 1 aromatic carbocycles. The zero-order chi connectivity index (χ0) is 13.1. The van der Waals surface area contributed by atoms with Crippen LogP contribution in [0, 0.1) is 12.3 Å². The molecule has 0 fully saturated rings. The van der Waals surface area contributed by atoms with Crippen molar-refractivity contribution in [1.29, 1.82) is 0 Å². The number of hydrogen-bond donors (Lipinski definition) is 1. The lowest BCUT2D eigenvalue weighted by Gasteiger charge is -2.18. The molecule has 4 nitrogen and oxygen atoms in total. The van der Waals surface area contributed by atoms with Gasteiger partial charge in [0.1, 0.15) is 0 Å². The fourth-order valence-corrected chi connectivity index (χ4v) is 2.92. The number of nitrogens with two attached hydrogens (primary N) is 1. The number of hydrogen-bond acceptors (Lipinski definition) is 3. The van der Waals surface area contributed by atoms with Crippen LogP contribution < -0.4 is 5.73 Å². The molecule has 0 bridgehead atoms. The van der Waals surface area contributed by atoms with Crippen LogP contribution >= 0.6 is 11.6 Å². The molecular formula is C11H13ClN2O2S. The van der Waals surface area contributed by atoms with Gasteiger partial charge in [0.2, 0.25) is 10.0 Å². The van der Waals surface area contributed by atoms with Gasteiger partial charge >= 0.3 is 0 Å². The SMILES string of the molecule is C#CCN(CC)S(=O)(=O)c1ccc(N)c(Cl)c1. The van der Waals surface area contributed by atoms with Crippen molar-refractivity contribution in [3.05, 3.63) is 23.2 Å². The third kappa shape index (κ3) is 2.91. The first-order valence-electron chi connectivity index (χ1n) is 4.92. The molecule has 1 aromatic rings. The van der Waals surface area contributed by atoms with Crippen molar-refractivity contribution in [2.24, 2.45) is 0 Å². The average Bonchev–Trinajstić information content (AvgIpc) is 2.29. The summed E-state index contributed by atoms with van der Waals surface area (Å²) in [6.45, 7) is 2.04. The summed E-state index contributed by atoms with van der Waals surface area (Å²) < 4.78 is 25.5. The monoisotopic (exact) mass is 272 g/mol. The highest BCUT2D eigenvalue weighted by Crippen LogP contribution is 2.24. The zero-order valence-electron chi connectivity index (χ0n) is 9.35. The van der Waals surface area contributed by atoms with Crippen molar-refractivity contribution in [2.75, 3.05) is 18.8 Å². The topological polar surface area (TPSA) is 63.4 Å². The van der Waals surface area contributed by atoms with Gasteiger partial charge in [-0.1, -0.05) is 24.4 Å². The normalized spacial score (nSPS) is 11.4. The molecule has 17 heavy (non-hydrogen) atoms. The second-order valence-corrected chi connectivity index (χ2v) is 5.66. The van der Waals surface area contributed by atoms with E-state index in [-0.39, 0.29) is 16.5 Å². The molecule has 0 aromatic heterocycles. The van der Waals surface area contributed by atoms with E-state index in [0.29, 0.717) is 12.2 Å². The van der Waals surface area contributed by atoms with E-state index in [0.717, 1.165) is 0 Å². The van der Waals surface area contributed by atoms with E-state index in [1.165, 1.54) is 22.5 Å². The molecule has 0 aliphatic carbocycles. The summed E-state index contributed by atoms with van der Waals surface area (Å²) in [5.74, 6) is 2.31. The summed E-state index contributed by atoms with van der Waals surface area (Å²) in [7, 11) is -3.60. The Kier molecular flexibility index (Phi) is 4.40. The van der Waals surface area contributed by atoms with Crippen molar-refractivity contribution < 1.29 is 8.42 Å². The van der Waals surface area contributed by atoms with Crippen LogP contribution in [0.2, 0.25) is 5.02 Å². The van der Waals surface area contributed by atoms with Gasteiger partial charge in [0.05, 0.1) is 22.2 Å². The van der Waals surface area contributed by atoms with Crippen LogP contribution in [0.3, 0.4) is 0 Å². The minimum absolute atomic E-state index is 0.0286. The molecule has 0 radical (unpaired) electrons. The highest BCUT2D eigenvalue weighted by molar-refractivity contribution is 7.89. The summed E-state index contributed by atoms with van der Waals surface area (Å²) in [6.07, 6.45) is 5.13. The van der Waals surface area contributed by atoms with Crippen molar-refractivity contribution in [3.63, 3.8) is 0 Å². The maximum atomic E-state index is 12.1.